The summed E-state index contributed by atoms with van der Waals surface area (Å²) in [6, 6.07) is 8.34. The van der Waals surface area contributed by atoms with E-state index in [4.69, 9.17) is 14.2 Å². The Bertz CT molecular complexity index is 837. The van der Waals surface area contributed by atoms with Crippen molar-refractivity contribution in [3.05, 3.63) is 41.5 Å². The molecule has 0 bridgehead atoms. The van der Waals surface area contributed by atoms with E-state index in [0.717, 1.165) is 0 Å². The maximum absolute atomic E-state index is 12.9. The maximum atomic E-state index is 12.9. The topological polar surface area (TPSA) is 80.3 Å². The molecule has 0 aliphatic carbocycles. The molecule has 26 heavy (non-hydrogen) atoms. The summed E-state index contributed by atoms with van der Waals surface area (Å²) < 4.78 is 16.1. The van der Waals surface area contributed by atoms with Crippen LogP contribution in [0.15, 0.2) is 30.3 Å². The van der Waals surface area contributed by atoms with Gasteiger partial charge in [0.15, 0.2) is 11.5 Å². The summed E-state index contributed by atoms with van der Waals surface area (Å²) in [6.07, 6.45) is -0.548. The molecule has 1 aliphatic rings. The van der Waals surface area contributed by atoms with Crippen molar-refractivity contribution in [1.29, 1.82) is 0 Å². The molecule has 0 saturated heterocycles. The number of carbonyl (C=O) groups is 1. The number of anilines is 1. The highest BCUT2D eigenvalue weighted by atomic mass is 16.5. The van der Waals surface area contributed by atoms with Crippen molar-refractivity contribution in [1.82, 2.24) is 4.90 Å². The fraction of sp³-hybridized carbons (Fsp3) is 0.316. The summed E-state index contributed by atoms with van der Waals surface area (Å²) in [5.41, 5.74) is 1.63. The van der Waals surface area contributed by atoms with Crippen LogP contribution in [0.3, 0.4) is 0 Å². The van der Waals surface area contributed by atoms with E-state index in [2.05, 4.69) is 5.32 Å². The minimum atomic E-state index is -0.548. The first kappa shape index (κ1) is 17.7. The van der Waals surface area contributed by atoms with E-state index < -0.39 is 6.17 Å². The lowest BCUT2D eigenvalue weighted by Gasteiger charge is -2.36. The molecular formula is C19H22N2O5. The number of nitrogens with one attached hydrogen (secondary N) is 1. The highest BCUT2D eigenvalue weighted by molar-refractivity contribution is 6.02. The molecule has 2 aromatic rings. The number of benzene rings is 2. The van der Waals surface area contributed by atoms with Gasteiger partial charge in [-0.2, -0.15) is 0 Å². The van der Waals surface area contributed by atoms with E-state index in [1.54, 1.807) is 37.4 Å². The quantitative estimate of drug-likeness (QED) is 0.855. The zero-order valence-corrected chi connectivity index (χ0v) is 15.2. The van der Waals surface area contributed by atoms with Crippen molar-refractivity contribution in [3.63, 3.8) is 0 Å². The monoisotopic (exact) mass is 358 g/mol. The SMILES string of the molecule is CCOc1ccc(O)c([C@H]2Nc3cc(OC)c(OC)cc3C(=O)N2C)c1. The average molecular weight is 358 g/mol. The molecule has 0 spiro atoms. The zero-order chi connectivity index (χ0) is 18.8. The van der Waals surface area contributed by atoms with E-state index in [1.165, 1.54) is 19.1 Å². The van der Waals surface area contributed by atoms with Gasteiger partial charge in [0.2, 0.25) is 0 Å². The lowest BCUT2D eigenvalue weighted by molar-refractivity contribution is 0.0733. The lowest BCUT2D eigenvalue weighted by atomic mass is 10.0. The van der Waals surface area contributed by atoms with E-state index in [1.807, 2.05) is 6.92 Å². The average Bonchev–Trinajstić information content (AvgIpc) is 2.65. The number of hydrogen-bond donors (Lipinski definition) is 2. The van der Waals surface area contributed by atoms with E-state index >= 15 is 0 Å². The Morgan fingerprint density at radius 1 is 1.15 bits per heavy atom. The summed E-state index contributed by atoms with van der Waals surface area (Å²) in [7, 11) is 4.73. The molecule has 2 aromatic carbocycles. The van der Waals surface area contributed by atoms with Crippen molar-refractivity contribution in [2.75, 3.05) is 33.2 Å². The van der Waals surface area contributed by atoms with Crippen LogP contribution < -0.4 is 19.5 Å². The van der Waals surface area contributed by atoms with Crippen LogP contribution >= 0.6 is 0 Å². The number of aromatic hydroxyl groups is 1. The molecule has 0 aromatic heterocycles. The third-order valence-corrected chi connectivity index (χ3v) is 4.36. The molecule has 2 N–H and O–H groups in total. The first-order valence-electron chi connectivity index (χ1n) is 8.25. The van der Waals surface area contributed by atoms with E-state index in [9.17, 15) is 9.90 Å². The van der Waals surface area contributed by atoms with Gasteiger partial charge in [-0.15, -0.1) is 0 Å². The molecule has 0 radical (unpaired) electrons. The second-order valence-corrected chi connectivity index (χ2v) is 5.87. The van der Waals surface area contributed by atoms with Crippen LogP contribution in [0, 0.1) is 0 Å². The highest BCUT2D eigenvalue weighted by Gasteiger charge is 2.33. The van der Waals surface area contributed by atoms with Gasteiger partial charge in [-0.3, -0.25) is 4.79 Å². The molecule has 1 heterocycles. The van der Waals surface area contributed by atoms with Crippen molar-refractivity contribution >= 4 is 11.6 Å². The Labute approximate surface area is 152 Å². The number of methoxy groups -OCH3 is 2. The van der Waals surface area contributed by atoms with Gasteiger partial charge in [0.05, 0.1) is 32.1 Å². The summed E-state index contributed by atoms with van der Waals surface area (Å²) >= 11 is 0. The fourth-order valence-electron chi connectivity index (χ4n) is 3.02. The van der Waals surface area contributed by atoms with Gasteiger partial charge in [0.25, 0.3) is 5.91 Å². The first-order valence-corrected chi connectivity index (χ1v) is 8.25. The second kappa shape index (κ2) is 7.03. The number of ether oxygens (including phenoxy) is 3. The Balaban J connectivity index is 2.05. The standard InChI is InChI=1S/C19H22N2O5/c1-5-26-11-6-7-15(22)13(8-11)18-20-14-10-17(25-4)16(24-3)9-12(14)19(23)21(18)2/h6-10,18,20,22H,5H2,1-4H3/t18-/m0/s1. The minimum Gasteiger partial charge on any atom is -0.508 e. The van der Waals surface area contributed by atoms with Gasteiger partial charge in [-0.05, 0) is 31.2 Å². The zero-order valence-electron chi connectivity index (χ0n) is 15.2. The lowest BCUT2D eigenvalue weighted by Crippen LogP contribution is -2.40. The fourth-order valence-corrected chi connectivity index (χ4v) is 3.02. The number of carbonyl (C=O) groups excluding carboxylic acids is 1. The third-order valence-electron chi connectivity index (χ3n) is 4.36. The van der Waals surface area contributed by atoms with Gasteiger partial charge in [0, 0.05) is 18.7 Å². The number of phenolic OH excluding ortho intramolecular Hbond substituents is 1. The minimum absolute atomic E-state index is 0.0783. The Morgan fingerprint density at radius 2 is 1.85 bits per heavy atom. The van der Waals surface area contributed by atoms with Crippen LogP contribution in [-0.4, -0.2) is 43.8 Å². The highest BCUT2D eigenvalue weighted by Crippen LogP contribution is 2.41. The normalized spacial score (nSPS) is 15.9. The maximum Gasteiger partial charge on any atom is 0.257 e. The van der Waals surface area contributed by atoms with Crippen LogP contribution in [0.4, 0.5) is 5.69 Å². The van der Waals surface area contributed by atoms with Crippen molar-refractivity contribution in [3.8, 4) is 23.0 Å². The van der Waals surface area contributed by atoms with Gasteiger partial charge in [-0.25, -0.2) is 0 Å². The summed E-state index contributed by atoms with van der Waals surface area (Å²) in [6.45, 7) is 2.40. The Hall–Kier alpha value is -3.09. The molecule has 7 nitrogen and oxygen atoms in total. The number of nitrogens with zero attached hydrogens (tertiary/aromatic N) is 1. The molecule has 0 fully saturated rings. The van der Waals surface area contributed by atoms with E-state index in [-0.39, 0.29) is 11.7 Å². The van der Waals surface area contributed by atoms with Crippen molar-refractivity contribution in [2.45, 2.75) is 13.1 Å². The summed E-state index contributed by atoms with van der Waals surface area (Å²) in [4.78, 5) is 14.4. The van der Waals surface area contributed by atoms with Crippen molar-refractivity contribution in [2.24, 2.45) is 0 Å². The van der Waals surface area contributed by atoms with Gasteiger partial charge in [-0.1, -0.05) is 0 Å². The van der Waals surface area contributed by atoms with Crippen LogP contribution in [0.2, 0.25) is 0 Å². The van der Waals surface area contributed by atoms with E-state index in [0.29, 0.717) is 40.7 Å². The first-order chi connectivity index (χ1) is 12.5. The molecule has 3 rings (SSSR count). The van der Waals surface area contributed by atoms with Gasteiger partial charge in [0.1, 0.15) is 17.7 Å². The largest absolute Gasteiger partial charge is 0.508 e. The predicted molar refractivity (Wildman–Crippen MR) is 97.3 cm³/mol. The molecule has 0 unspecified atom stereocenters. The van der Waals surface area contributed by atoms with Crippen LogP contribution in [0.25, 0.3) is 0 Å². The number of phenols is 1. The Kier molecular flexibility index (Phi) is 4.79. The number of rotatable bonds is 5. The Morgan fingerprint density at radius 3 is 2.50 bits per heavy atom. The van der Waals surface area contributed by atoms with Crippen LogP contribution in [-0.2, 0) is 0 Å². The number of amides is 1. The summed E-state index contributed by atoms with van der Waals surface area (Å²) in [5.74, 6) is 1.51. The molecular weight excluding hydrogens is 336 g/mol. The molecule has 0 saturated carbocycles. The second-order valence-electron chi connectivity index (χ2n) is 5.87. The van der Waals surface area contributed by atoms with Gasteiger partial charge < -0.3 is 29.5 Å². The molecule has 1 atom stereocenters. The molecule has 1 aliphatic heterocycles. The van der Waals surface area contributed by atoms with Crippen LogP contribution in [0.1, 0.15) is 29.0 Å². The number of fused-ring (bicyclic) bond motifs is 1. The molecule has 138 valence electrons. The summed E-state index contributed by atoms with van der Waals surface area (Å²) in [5, 5.41) is 13.6. The predicted octanol–water partition coefficient (Wildman–Crippen LogP) is 3.00. The molecule has 1 amide bonds. The smallest absolute Gasteiger partial charge is 0.257 e. The molecule has 7 heteroatoms. The van der Waals surface area contributed by atoms with Crippen LogP contribution in [0.5, 0.6) is 23.0 Å². The van der Waals surface area contributed by atoms with Gasteiger partial charge >= 0.3 is 0 Å². The third kappa shape index (κ3) is 2.96. The number of hydrogen-bond acceptors (Lipinski definition) is 6. The van der Waals surface area contributed by atoms with Crippen molar-refractivity contribution < 1.29 is 24.1 Å².